The predicted molar refractivity (Wildman–Crippen MR) is 116 cm³/mol. The van der Waals surface area contributed by atoms with E-state index in [-0.39, 0.29) is 0 Å². The van der Waals surface area contributed by atoms with Gasteiger partial charge in [0.2, 0.25) is 0 Å². The van der Waals surface area contributed by atoms with Gasteiger partial charge < -0.3 is 0 Å². The molecule has 1 atom stereocenters. The van der Waals surface area contributed by atoms with E-state index < -0.39 is 5.54 Å². The smallest absolute Gasteiger partial charge is 0.126 e. The summed E-state index contributed by atoms with van der Waals surface area (Å²) in [6.07, 6.45) is 0. The van der Waals surface area contributed by atoms with Crippen LogP contribution in [0, 0.1) is 0 Å². The van der Waals surface area contributed by atoms with Crippen LogP contribution in [0.25, 0.3) is 0 Å². The Hall–Kier alpha value is -0.680. The molecule has 1 aliphatic rings. The van der Waals surface area contributed by atoms with E-state index in [1.54, 1.807) is 34.0 Å². The summed E-state index contributed by atoms with van der Waals surface area (Å²) in [6, 6.07) is 6.46. The van der Waals surface area contributed by atoms with E-state index in [0.29, 0.717) is 48.1 Å². The lowest BCUT2D eigenvalue weighted by atomic mass is 9.93. The van der Waals surface area contributed by atoms with Crippen LogP contribution in [0.4, 0.5) is 11.4 Å². The minimum atomic E-state index is -0.618. The Bertz CT molecular complexity index is 941. The lowest BCUT2D eigenvalue weighted by molar-refractivity contribution is -0.501. The van der Waals surface area contributed by atoms with E-state index in [0.717, 1.165) is 5.57 Å². The van der Waals surface area contributed by atoms with Gasteiger partial charge >= 0.3 is 0 Å². The van der Waals surface area contributed by atoms with Crippen LogP contribution >= 0.6 is 69.6 Å². The zero-order valence-electron chi connectivity index (χ0n) is 14.3. The molecule has 0 fully saturated rings. The number of anilines is 1. The lowest BCUT2D eigenvalue weighted by Gasteiger charge is -2.26. The monoisotopic (exact) mass is 482 g/mol. The number of rotatable bonds is 3. The second kappa shape index (κ2) is 7.62. The number of hydrogen-bond acceptors (Lipinski definition) is 2. The Morgan fingerprint density at radius 3 is 1.85 bits per heavy atom. The summed E-state index contributed by atoms with van der Waals surface area (Å²) in [6.45, 7) is 8.45. The van der Waals surface area contributed by atoms with Crippen LogP contribution in [0.1, 0.15) is 13.8 Å². The molecule has 2 aromatic carbocycles. The summed E-state index contributed by atoms with van der Waals surface area (Å²) in [4.78, 5) is 0. The van der Waals surface area contributed by atoms with E-state index >= 15 is 0 Å². The fourth-order valence-electron chi connectivity index (χ4n) is 2.85. The van der Waals surface area contributed by atoms with Crippen molar-refractivity contribution < 1.29 is 4.70 Å². The van der Waals surface area contributed by atoms with Gasteiger partial charge in [0.05, 0.1) is 25.3 Å². The van der Waals surface area contributed by atoms with Crippen LogP contribution < -0.4 is 5.01 Å². The average molecular weight is 485 g/mol. The van der Waals surface area contributed by atoms with Gasteiger partial charge in [-0.3, -0.25) is 0 Å². The third-order valence-electron chi connectivity index (χ3n) is 4.48. The maximum absolute atomic E-state index is 6.44. The highest BCUT2D eigenvalue weighted by Gasteiger charge is 2.51. The zero-order chi connectivity index (χ0) is 20.1. The molecule has 3 rings (SSSR count). The van der Waals surface area contributed by atoms with Crippen molar-refractivity contribution in [3.63, 3.8) is 0 Å². The molecule has 0 spiro atoms. The summed E-state index contributed by atoms with van der Waals surface area (Å²) < 4.78 is 1.69. The Labute approximate surface area is 187 Å². The highest BCUT2D eigenvalue weighted by molar-refractivity contribution is 6.42. The van der Waals surface area contributed by atoms with E-state index in [2.05, 4.69) is 11.8 Å². The first kappa shape index (κ1) is 21.0. The normalized spacial score (nSPS) is 19.4. The average Bonchev–Trinajstić information content (AvgIpc) is 2.84. The summed E-state index contributed by atoms with van der Waals surface area (Å²) in [5, 5.41) is 8.80. The Balaban J connectivity index is 2.22. The number of hydrogen-bond donors (Lipinski definition) is 0. The van der Waals surface area contributed by atoms with E-state index in [4.69, 9.17) is 69.6 Å². The minimum absolute atomic E-state index is 0.374. The van der Waals surface area contributed by atoms with E-state index in [9.17, 15) is 0 Å². The first-order valence-electron chi connectivity index (χ1n) is 7.79. The highest BCUT2D eigenvalue weighted by atomic mass is 35.5. The second-order valence-corrected chi connectivity index (χ2v) is 8.95. The molecule has 142 valence electrons. The summed E-state index contributed by atoms with van der Waals surface area (Å²) >= 11 is 37.7. The third kappa shape index (κ3) is 3.78. The van der Waals surface area contributed by atoms with Crippen molar-refractivity contribution in [1.29, 1.82) is 0 Å². The van der Waals surface area contributed by atoms with Crippen molar-refractivity contribution in [2.75, 3.05) is 11.6 Å². The molecule has 1 heterocycles. The van der Waals surface area contributed by atoms with Crippen LogP contribution in [0.15, 0.2) is 41.6 Å². The van der Waals surface area contributed by atoms with Crippen LogP contribution in [0.5, 0.6) is 0 Å². The summed E-state index contributed by atoms with van der Waals surface area (Å²) in [5.41, 5.74) is 1.31. The van der Waals surface area contributed by atoms with Gasteiger partial charge in [-0.2, -0.15) is 0 Å². The molecule has 0 bridgehead atoms. The van der Waals surface area contributed by atoms with Gasteiger partial charge in [0.1, 0.15) is 0 Å². The minimum Gasteiger partial charge on any atom is -0.126 e. The Kier molecular flexibility index (Phi) is 5.94. The molecule has 1 aliphatic heterocycles. The molecule has 0 saturated carbocycles. The van der Waals surface area contributed by atoms with Gasteiger partial charge in [-0.15, -0.1) is 9.71 Å². The van der Waals surface area contributed by atoms with Gasteiger partial charge in [0.15, 0.2) is 23.5 Å². The van der Waals surface area contributed by atoms with Gasteiger partial charge in [-0.25, -0.2) is 0 Å². The maximum Gasteiger partial charge on any atom is 0.191 e. The molecule has 0 amide bonds. The highest BCUT2D eigenvalue weighted by Crippen LogP contribution is 2.46. The van der Waals surface area contributed by atoms with Gasteiger partial charge in [0.25, 0.3) is 0 Å². The second-order valence-electron chi connectivity index (χ2n) is 6.45. The molecule has 0 N–H and O–H groups in total. The van der Waals surface area contributed by atoms with Crippen molar-refractivity contribution in [2.45, 2.75) is 19.4 Å². The van der Waals surface area contributed by atoms with E-state index in [1.807, 2.05) is 13.8 Å². The summed E-state index contributed by atoms with van der Waals surface area (Å²) in [7, 11) is 0. The SMILES string of the molecule is C=C(C)[C@]1(C)C[N+](c2c(Cl)cc(Cl)cc2Cl)=NN1c1c(Cl)cc(Cl)cc1Cl. The van der Waals surface area contributed by atoms with Crippen LogP contribution in [-0.2, 0) is 0 Å². The predicted octanol–water partition coefficient (Wildman–Crippen LogP) is 8.47. The van der Waals surface area contributed by atoms with Crippen LogP contribution in [-0.4, -0.2) is 16.8 Å². The topological polar surface area (TPSA) is 18.6 Å². The van der Waals surface area contributed by atoms with E-state index in [1.165, 1.54) is 0 Å². The zero-order valence-corrected chi connectivity index (χ0v) is 18.9. The quantitative estimate of drug-likeness (QED) is 0.315. The fourth-order valence-corrected chi connectivity index (χ4v) is 4.84. The molecule has 0 radical (unpaired) electrons. The first-order valence-corrected chi connectivity index (χ1v) is 10.1. The summed E-state index contributed by atoms with van der Waals surface area (Å²) in [5.74, 6) is 0. The molecule has 0 aromatic heterocycles. The molecule has 0 unspecified atom stereocenters. The molecule has 3 nitrogen and oxygen atoms in total. The molecular weight excluding hydrogens is 471 g/mol. The molecule has 0 saturated heterocycles. The molecule has 27 heavy (non-hydrogen) atoms. The molecule has 0 aliphatic carbocycles. The fraction of sp³-hybridized carbons (Fsp3) is 0.222. The lowest BCUT2D eigenvalue weighted by Crippen LogP contribution is -2.44. The number of nitrogens with zero attached hydrogens (tertiary/aromatic N) is 3. The van der Waals surface area contributed by atoms with Crippen molar-refractivity contribution >= 4 is 81.0 Å². The van der Waals surface area contributed by atoms with Gasteiger partial charge in [-0.05, 0) is 43.7 Å². The molecular formula is C18H14Cl6N3+. The van der Waals surface area contributed by atoms with Gasteiger partial charge in [0, 0.05) is 10.0 Å². The molecule has 9 heteroatoms. The maximum atomic E-state index is 6.44. The standard InChI is InChI=1S/C18H14Cl6N3/c1-9(2)18(3)8-26(16-12(21)4-10(19)5-13(16)22)25-27(18)17-14(23)6-11(20)7-15(17)24/h4-7H,1,8H2,2-3H3/q+1/t18-/m0/s1. The van der Waals surface area contributed by atoms with Crippen molar-refractivity contribution in [3.8, 4) is 0 Å². The van der Waals surface area contributed by atoms with Crippen molar-refractivity contribution in [3.05, 3.63) is 66.6 Å². The van der Waals surface area contributed by atoms with Crippen molar-refractivity contribution in [2.24, 2.45) is 5.22 Å². The number of benzene rings is 2. The first-order chi connectivity index (χ1) is 12.5. The Morgan fingerprint density at radius 1 is 0.963 bits per heavy atom. The van der Waals surface area contributed by atoms with Gasteiger partial charge in [-0.1, -0.05) is 76.2 Å². The van der Waals surface area contributed by atoms with Crippen LogP contribution in [0.2, 0.25) is 30.1 Å². The largest absolute Gasteiger partial charge is 0.191 e. The van der Waals surface area contributed by atoms with Crippen molar-refractivity contribution in [1.82, 2.24) is 0 Å². The Morgan fingerprint density at radius 2 is 1.41 bits per heavy atom. The molecule has 2 aromatic rings. The number of halogens is 6. The third-order valence-corrected chi connectivity index (χ3v) is 6.06. The van der Waals surface area contributed by atoms with Crippen LogP contribution in [0.3, 0.4) is 0 Å².